The standard InChI is InChI=1S/C18H24ClN3O3/c1-25-12-18(6-8-20-9-7-18)17(24)21-15-5-10-22(16(15)23)14-4-2-3-13(19)11-14/h2-4,11,15,20H,5-10,12H2,1H3,(H,21,24). The van der Waals surface area contributed by atoms with Crippen molar-refractivity contribution in [1.82, 2.24) is 10.6 Å². The van der Waals surface area contributed by atoms with E-state index in [2.05, 4.69) is 10.6 Å². The lowest BCUT2D eigenvalue weighted by atomic mass is 9.78. The Bertz CT molecular complexity index is 641. The van der Waals surface area contributed by atoms with Crippen LogP contribution in [-0.4, -0.2) is 51.2 Å². The van der Waals surface area contributed by atoms with Crippen molar-refractivity contribution >= 4 is 29.1 Å². The highest BCUT2D eigenvalue weighted by Crippen LogP contribution is 2.31. The van der Waals surface area contributed by atoms with Gasteiger partial charge < -0.3 is 20.3 Å². The van der Waals surface area contributed by atoms with Gasteiger partial charge in [-0.15, -0.1) is 0 Å². The lowest BCUT2D eigenvalue weighted by Crippen LogP contribution is -2.53. The Morgan fingerprint density at radius 3 is 2.88 bits per heavy atom. The van der Waals surface area contributed by atoms with Crippen LogP contribution >= 0.6 is 11.6 Å². The number of rotatable bonds is 5. The van der Waals surface area contributed by atoms with E-state index in [0.29, 0.717) is 37.4 Å². The van der Waals surface area contributed by atoms with E-state index in [4.69, 9.17) is 16.3 Å². The van der Waals surface area contributed by atoms with Crippen molar-refractivity contribution in [3.8, 4) is 0 Å². The number of amides is 2. The van der Waals surface area contributed by atoms with Crippen LogP contribution in [0.25, 0.3) is 0 Å². The zero-order chi connectivity index (χ0) is 17.9. The maximum Gasteiger partial charge on any atom is 0.249 e. The van der Waals surface area contributed by atoms with Gasteiger partial charge in [0.15, 0.2) is 0 Å². The summed E-state index contributed by atoms with van der Waals surface area (Å²) in [5.41, 5.74) is 0.215. The molecule has 2 N–H and O–H groups in total. The van der Waals surface area contributed by atoms with Gasteiger partial charge in [-0.1, -0.05) is 17.7 Å². The Kier molecular flexibility index (Phi) is 5.61. The molecule has 0 spiro atoms. The van der Waals surface area contributed by atoms with Gasteiger partial charge in [-0.05, 0) is 50.6 Å². The molecule has 25 heavy (non-hydrogen) atoms. The molecule has 2 aliphatic rings. The molecule has 0 radical (unpaired) electrons. The van der Waals surface area contributed by atoms with E-state index in [-0.39, 0.29) is 11.8 Å². The minimum absolute atomic E-state index is 0.0813. The van der Waals surface area contributed by atoms with Gasteiger partial charge in [-0.3, -0.25) is 9.59 Å². The largest absolute Gasteiger partial charge is 0.384 e. The Morgan fingerprint density at radius 2 is 2.20 bits per heavy atom. The second-order valence-corrected chi connectivity index (χ2v) is 7.18. The van der Waals surface area contributed by atoms with Crippen LogP contribution in [0.3, 0.4) is 0 Å². The summed E-state index contributed by atoms with van der Waals surface area (Å²) in [7, 11) is 1.61. The van der Waals surface area contributed by atoms with E-state index >= 15 is 0 Å². The Labute approximate surface area is 152 Å². The topological polar surface area (TPSA) is 70.7 Å². The van der Waals surface area contributed by atoms with Crippen LogP contribution < -0.4 is 15.5 Å². The Hall–Kier alpha value is -1.63. The minimum Gasteiger partial charge on any atom is -0.384 e. The van der Waals surface area contributed by atoms with Gasteiger partial charge in [0.1, 0.15) is 6.04 Å². The van der Waals surface area contributed by atoms with E-state index in [9.17, 15) is 9.59 Å². The zero-order valence-electron chi connectivity index (χ0n) is 14.4. The number of anilines is 1. The van der Waals surface area contributed by atoms with Crippen molar-refractivity contribution in [1.29, 1.82) is 0 Å². The van der Waals surface area contributed by atoms with Crippen LogP contribution in [0.1, 0.15) is 19.3 Å². The second kappa shape index (κ2) is 7.72. The first kappa shape index (κ1) is 18.2. The number of halogens is 1. The summed E-state index contributed by atoms with van der Waals surface area (Å²) in [6.45, 7) is 2.51. The average Bonchev–Trinajstić information content (AvgIpc) is 2.97. The maximum absolute atomic E-state index is 12.9. The molecule has 0 saturated carbocycles. The summed E-state index contributed by atoms with van der Waals surface area (Å²) < 4.78 is 5.30. The third-order valence-electron chi connectivity index (χ3n) is 5.09. The number of nitrogens with one attached hydrogen (secondary N) is 2. The van der Waals surface area contributed by atoms with Gasteiger partial charge in [-0.2, -0.15) is 0 Å². The van der Waals surface area contributed by atoms with Crippen molar-refractivity contribution in [2.45, 2.75) is 25.3 Å². The van der Waals surface area contributed by atoms with Crippen molar-refractivity contribution in [2.75, 3.05) is 38.3 Å². The molecule has 2 fully saturated rings. The molecule has 6 nitrogen and oxygen atoms in total. The van der Waals surface area contributed by atoms with Crippen molar-refractivity contribution in [3.05, 3.63) is 29.3 Å². The van der Waals surface area contributed by atoms with Gasteiger partial charge in [0.05, 0.1) is 12.0 Å². The number of ether oxygens (including phenoxy) is 1. The van der Waals surface area contributed by atoms with Gasteiger partial charge in [0.2, 0.25) is 11.8 Å². The molecule has 2 amide bonds. The number of methoxy groups -OCH3 is 1. The first-order chi connectivity index (χ1) is 12.1. The van der Waals surface area contributed by atoms with E-state index < -0.39 is 11.5 Å². The number of carbonyl (C=O) groups is 2. The highest BCUT2D eigenvalue weighted by atomic mass is 35.5. The van der Waals surface area contributed by atoms with Gasteiger partial charge in [-0.25, -0.2) is 0 Å². The molecule has 2 heterocycles. The average molecular weight is 366 g/mol. The predicted molar refractivity (Wildman–Crippen MR) is 96.8 cm³/mol. The molecule has 3 rings (SSSR count). The van der Waals surface area contributed by atoms with Crippen LogP contribution in [0.15, 0.2) is 24.3 Å². The van der Waals surface area contributed by atoms with E-state index in [0.717, 1.165) is 18.8 Å². The van der Waals surface area contributed by atoms with Crippen LogP contribution in [0, 0.1) is 5.41 Å². The molecule has 136 valence electrons. The van der Waals surface area contributed by atoms with E-state index in [1.165, 1.54) is 0 Å². The number of nitrogens with zero attached hydrogens (tertiary/aromatic N) is 1. The number of hydrogen-bond acceptors (Lipinski definition) is 4. The van der Waals surface area contributed by atoms with Gasteiger partial charge in [0.25, 0.3) is 0 Å². The predicted octanol–water partition coefficient (Wildman–Crippen LogP) is 1.58. The third kappa shape index (κ3) is 3.81. The lowest BCUT2D eigenvalue weighted by molar-refractivity contribution is -0.138. The monoisotopic (exact) mass is 365 g/mol. The quantitative estimate of drug-likeness (QED) is 0.831. The first-order valence-corrected chi connectivity index (χ1v) is 9.01. The molecule has 1 unspecified atom stereocenters. The summed E-state index contributed by atoms with van der Waals surface area (Å²) in [5, 5.41) is 6.82. The summed E-state index contributed by atoms with van der Waals surface area (Å²) >= 11 is 6.02. The van der Waals surface area contributed by atoms with Crippen LogP contribution in [0.2, 0.25) is 5.02 Å². The fraction of sp³-hybridized carbons (Fsp3) is 0.556. The van der Waals surface area contributed by atoms with Crippen LogP contribution in [0.4, 0.5) is 5.69 Å². The molecule has 0 aliphatic carbocycles. The summed E-state index contributed by atoms with van der Waals surface area (Å²) in [6, 6.07) is 6.72. The summed E-state index contributed by atoms with van der Waals surface area (Å²) in [5.74, 6) is -0.167. The molecular weight excluding hydrogens is 342 g/mol. The van der Waals surface area contributed by atoms with Crippen LogP contribution in [0.5, 0.6) is 0 Å². The third-order valence-corrected chi connectivity index (χ3v) is 5.33. The molecule has 1 aromatic carbocycles. The van der Waals surface area contributed by atoms with Gasteiger partial charge >= 0.3 is 0 Å². The van der Waals surface area contributed by atoms with Crippen molar-refractivity contribution in [3.63, 3.8) is 0 Å². The van der Waals surface area contributed by atoms with Crippen LogP contribution in [-0.2, 0) is 14.3 Å². The van der Waals surface area contributed by atoms with Crippen molar-refractivity contribution in [2.24, 2.45) is 5.41 Å². The molecule has 1 aromatic rings. The number of hydrogen-bond donors (Lipinski definition) is 2. The number of carbonyl (C=O) groups excluding carboxylic acids is 2. The smallest absolute Gasteiger partial charge is 0.249 e. The fourth-order valence-corrected chi connectivity index (χ4v) is 3.83. The Balaban J connectivity index is 1.68. The van der Waals surface area contributed by atoms with E-state index in [1.807, 2.05) is 12.1 Å². The highest BCUT2D eigenvalue weighted by Gasteiger charge is 2.43. The molecule has 0 bridgehead atoms. The van der Waals surface area contributed by atoms with Crippen molar-refractivity contribution < 1.29 is 14.3 Å². The summed E-state index contributed by atoms with van der Waals surface area (Å²) in [6.07, 6.45) is 2.02. The normalized spacial score (nSPS) is 22.9. The highest BCUT2D eigenvalue weighted by molar-refractivity contribution is 6.31. The van der Waals surface area contributed by atoms with Gasteiger partial charge in [0, 0.05) is 24.4 Å². The molecular formula is C18H24ClN3O3. The first-order valence-electron chi connectivity index (χ1n) is 8.63. The fourth-order valence-electron chi connectivity index (χ4n) is 3.64. The molecule has 2 aliphatic heterocycles. The minimum atomic E-state index is -0.552. The van der Waals surface area contributed by atoms with E-state index in [1.54, 1.807) is 24.1 Å². The summed E-state index contributed by atoms with van der Waals surface area (Å²) in [4.78, 5) is 27.3. The lowest BCUT2D eigenvalue weighted by Gasteiger charge is -2.36. The molecule has 0 aromatic heterocycles. The Morgan fingerprint density at radius 1 is 1.44 bits per heavy atom. The maximum atomic E-state index is 12.9. The number of piperidine rings is 1. The zero-order valence-corrected chi connectivity index (χ0v) is 15.1. The molecule has 1 atom stereocenters. The molecule has 7 heteroatoms. The second-order valence-electron chi connectivity index (χ2n) is 6.75. The molecule has 2 saturated heterocycles. The SMILES string of the molecule is COCC1(C(=O)NC2CCN(c3cccc(Cl)c3)C2=O)CCNCC1. The number of benzene rings is 1.